The summed E-state index contributed by atoms with van der Waals surface area (Å²) in [5, 5.41) is 0. The second-order valence-electron chi connectivity index (χ2n) is 3.06. The van der Waals surface area contributed by atoms with Crippen molar-refractivity contribution in [1.29, 1.82) is 0 Å². The molecule has 0 amide bonds. The van der Waals surface area contributed by atoms with Crippen LogP contribution < -0.4 is 0 Å². The minimum absolute atomic E-state index is 0. The molecule has 0 bridgehead atoms. The molecule has 0 aliphatic carbocycles. The van der Waals surface area contributed by atoms with Gasteiger partial charge in [-0.05, 0) is 33.2 Å². The van der Waals surface area contributed by atoms with Crippen LogP contribution in [-0.2, 0) is 0 Å². The first-order valence-electron chi connectivity index (χ1n) is 4.20. The summed E-state index contributed by atoms with van der Waals surface area (Å²) in [6.45, 7) is 6.85. The fourth-order valence-electron chi connectivity index (χ4n) is 1.50. The largest absolute Gasteiger partial charge is 0.297 e. The number of likely N-dealkylation sites (tertiary alicyclic amines) is 1. The van der Waals surface area contributed by atoms with Crippen LogP contribution in [0.2, 0.25) is 0 Å². The zero-order chi connectivity index (χ0) is 7.40. The molecule has 1 rings (SSSR count). The SMILES string of the molecule is C/C=C/CN1CCCC1C.Cl. The van der Waals surface area contributed by atoms with Crippen molar-refractivity contribution in [1.82, 2.24) is 4.90 Å². The second kappa shape index (κ2) is 5.62. The summed E-state index contributed by atoms with van der Waals surface area (Å²) in [6.07, 6.45) is 7.14. The van der Waals surface area contributed by atoms with Crippen molar-refractivity contribution in [3.05, 3.63) is 12.2 Å². The molecule has 2 heteroatoms. The Kier molecular flexibility index (Phi) is 5.61. The van der Waals surface area contributed by atoms with E-state index in [1.54, 1.807) is 0 Å². The van der Waals surface area contributed by atoms with E-state index in [1.807, 2.05) is 0 Å². The molecule has 0 radical (unpaired) electrons. The van der Waals surface area contributed by atoms with Crippen molar-refractivity contribution < 1.29 is 0 Å². The lowest BCUT2D eigenvalue weighted by molar-refractivity contribution is 0.298. The Labute approximate surface area is 75.9 Å². The Morgan fingerprint density at radius 3 is 2.73 bits per heavy atom. The molecule has 1 unspecified atom stereocenters. The molecule has 1 atom stereocenters. The highest BCUT2D eigenvalue weighted by Gasteiger charge is 2.17. The molecule has 1 saturated heterocycles. The molecule has 1 aliphatic rings. The quantitative estimate of drug-likeness (QED) is 0.583. The zero-order valence-corrected chi connectivity index (χ0v) is 8.23. The molecule has 0 saturated carbocycles. The summed E-state index contributed by atoms with van der Waals surface area (Å²) in [5.41, 5.74) is 0. The van der Waals surface area contributed by atoms with E-state index < -0.39 is 0 Å². The van der Waals surface area contributed by atoms with Crippen LogP contribution in [0.25, 0.3) is 0 Å². The van der Waals surface area contributed by atoms with Gasteiger partial charge in [0.25, 0.3) is 0 Å². The van der Waals surface area contributed by atoms with Crippen LogP contribution >= 0.6 is 12.4 Å². The molecule has 11 heavy (non-hydrogen) atoms. The molecule has 0 aromatic carbocycles. The van der Waals surface area contributed by atoms with Gasteiger partial charge in [-0.25, -0.2) is 0 Å². The van der Waals surface area contributed by atoms with E-state index in [0.717, 1.165) is 12.6 Å². The lowest BCUT2D eigenvalue weighted by Crippen LogP contribution is -2.26. The lowest BCUT2D eigenvalue weighted by atomic mass is 10.2. The summed E-state index contributed by atoms with van der Waals surface area (Å²) >= 11 is 0. The molecule has 0 N–H and O–H groups in total. The van der Waals surface area contributed by atoms with E-state index in [4.69, 9.17) is 0 Å². The Hall–Kier alpha value is -0.0100. The van der Waals surface area contributed by atoms with Crippen LogP contribution in [0.1, 0.15) is 26.7 Å². The van der Waals surface area contributed by atoms with Crippen LogP contribution in [-0.4, -0.2) is 24.0 Å². The first-order valence-corrected chi connectivity index (χ1v) is 4.20. The Morgan fingerprint density at radius 2 is 2.27 bits per heavy atom. The number of hydrogen-bond donors (Lipinski definition) is 0. The van der Waals surface area contributed by atoms with Crippen LogP contribution in [0, 0.1) is 0 Å². The molecule has 0 aromatic rings. The first-order chi connectivity index (χ1) is 4.84. The van der Waals surface area contributed by atoms with E-state index in [9.17, 15) is 0 Å². The predicted octanol–water partition coefficient (Wildman–Crippen LogP) is 2.47. The molecular formula is C9H18ClN. The highest BCUT2D eigenvalue weighted by atomic mass is 35.5. The summed E-state index contributed by atoms with van der Waals surface area (Å²) in [6, 6.07) is 0.816. The third-order valence-electron chi connectivity index (χ3n) is 2.27. The van der Waals surface area contributed by atoms with Gasteiger partial charge in [-0.15, -0.1) is 12.4 Å². The molecule has 0 aromatic heterocycles. The van der Waals surface area contributed by atoms with Gasteiger partial charge in [0.15, 0.2) is 0 Å². The minimum Gasteiger partial charge on any atom is -0.297 e. The normalized spacial score (nSPS) is 25.8. The number of nitrogens with zero attached hydrogens (tertiary/aromatic N) is 1. The van der Waals surface area contributed by atoms with Crippen molar-refractivity contribution >= 4 is 12.4 Å². The van der Waals surface area contributed by atoms with Gasteiger partial charge in [-0.2, -0.15) is 0 Å². The van der Waals surface area contributed by atoms with Crippen LogP contribution in [0.3, 0.4) is 0 Å². The van der Waals surface area contributed by atoms with Gasteiger partial charge in [0.2, 0.25) is 0 Å². The molecule has 1 heterocycles. The lowest BCUT2D eigenvalue weighted by Gasteiger charge is -2.18. The second-order valence-corrected chi connectivity index (χ2v) is 3.06. The number of halogens is 1. The Bertz CT molecular complexity index is 123. The number of allylic oxidation sites excluding steroid dienone is 1. The van der Waals surface area contributed by atoms with Crippen molar-refractivity contribution in [3.8, 4) is 0 Å². The third-order valence-corrected chi connectivity index (χ3v) is 2.27. The molecule has 1 aliphatic heterocycles. The highest BCUT2D eigenvalue weighted by Crippen LogP contribution is 2.15. The summed E-state index contributed by atoms with van der Waals surface area (Å²) in [5.74, 6) is 0. The average molecular weight is 176 g/mol. The van der Waals surface area contributed by atoms with E-state index in [1.165, 1.54) is 19.4 Å². The van der Waals surface area contributed by atoms with Gasteiger partial charge in [0.1, 0.15) is 0 Å². The maximum absolute atomic E-state index is 2.53. The summed E-state index contributed by atoms with van der Waals surface area (Å²) < 4.78 is 0. The van der Waals surface area contributed by atoms with Gasteiger partial charge in [-0.3, -0.25) is 4.90 Å². The molecule has 66 valence electrons. The number of hydrogen-bond acceptors (Lipinski definition) is 1. The average Bonchev–Trinajstić information content (AvgIpc) is 2.31. The summed E-state index contributed by atoms with van der Waals surface area (Å²) in [4.78, 5) is 2.53. The Morgan fingerprint density at radius 1 is 1.55 bits per heavy atom. The van der Waals surface area contributed by atoms with Gasteiger partial charge in [0, 0.05) is 12.6 Å². The van der Waals surface area contributed by atoms with Crippen LogP contribution in [0.5, 0.6) is 0 Å². The topological polar surface area (TPSA) is 3.24 Å². The summed E-state index contributed by atoms with van der Waals surface area (Å²) in [7, 11) is 0. The van der Waals surface area contributed by atoms with Gasteiger partial charge in [0.05, 0.1) is 0 Å². The number of rotatable bonds is 2. The van der Waals surface area contributed by atoms with E-state index in [-0.39, 0.29) is 12.4 Å². The first kappa shape index (κ1) is 11.0. The standard InChI is InChI=1S/C9H17N.ClH/c1-3-4-7-10-8-5-6-9(10)2;/h3-4,9H,5-8H2,1-2H3;1H/b4-3+;. The van der Waals surface area contributed by atoms with Crippen molar-refractivity contribution in [2.24, 2.45) is 0 Å². The molecular weight excluding hydrogens is 158 g/mol. The fraction of sp³-hybridized carbons (Fsp3) is 0.778. The van der Waals surface area contributed by atoms with Crippen LogP contribution in [0.4, 0.5) is 0 Å². The van der Waals surface area contributed by atoms with Gasteiger partial charge < -0.3 is 0 Å². The maximum atomic E-state index is 2.53. The van der Waals surface area contributed by atoms with E-state index in [2.05, 4.69) is 30.9 Å². The van der Waals surface area contributed by atoms with Crippen molar-refractivity contribution in [2.75, 3.05) is 13.1 Å². The minimum atomic E-state index is 0. The van der Waals surface area contributed by atoms with Crippen molar-refractivity contribution in [2.45, 2.75) is 32.7 Å². The van der Waals surface area contributed by atoms with E-state index in [0.29, 0.717) is 0 Å². The van der Waals surface area contributed by atoms with Gasteiger partial charge >= 0.3 is 0 Å². The molecule has 0 spiro atoms. The smallest absolute Gasteiger partial charge is 0.0165 e. The maximum Gasteiger partial charge on any atom is 0.0165 e. The monoisotopic (exact) mass is 175 g/mol. The van der Waals surface area contributed by atoms with Gasteiger partial charge in [-0.1, -0.05) is 12.2 Å². The fourth-order valence-corrected chi connectivity index (χ4v) is 1.50. The van der Waals surface area contributed by atoms with Crippen LogP contribution in [0.15, 0.2) is 12.2 Å². The Balaban J connectivity index is 0.000001000. The molecule has 1 nitrogen and oxygen atoms in total. The molecule has 1 fully saturated rings. The zero-order valence-electron chi connectivity index (χ0n) is 7.42. The highest BCUT2D eigenvalue weighted by molar-refractivity contribution is 5.85. The third kappa shape index (κ3) is 3.26. The predicted molar refractivity (Wildman–Crippen MR) is 52.3 cm³/mol. The van der Waals surface area contributed by atoms with E-state index >= 15 is 0 Å². The van der Waals surface area contributed by atoms with Crippen molar-refractivity contribution in [3.63, 3.8) is 0 Å².